The fraction of sp³-hybridized carbons (Fsp3) is 0.200. The van der Waals surface area contributed by atoms with Gasteiger partial charge in [0.25, 0.3) is 5.91 Å². The Balaban J connectivity index is 1.72. The normalized spacial score (nSPS) is 18.3. The number of nitrogens with one attached hydrogen (secondary N) is 2. The zero-order chi connectivity index (χ0) is 21.2. The van der Waals surface area contributed by atoms with Gasteiger partial charge in [0, 0.05) is 11.3 Å². The smallest absolute Gasteiger partial charge is 0.325 e. The quantitative estimate of drug-likeness (QED) is 0.632. The van der Waals surface area contributed by atoms with Gasteiger partial charge in [0.1, 0.15) is 17.8 Å². The molecule has 29 heavy (non-hydrogen) atoms. The van der Waals surface area contributed by atoms with E-state index in [1.165, 1.54) is 31.4 Å². The fourth-order valence-electron chi connectivity index (χ4n) is 3.03. The van der Waals surface area contributed by atoms with E-state index in [1.54, 1.807) is 31.2 Å². The van der Waals surface area contributed by atoms with Crippen LogP contribution in [0.15, 0.2) is 48.5 Å². The molecule has 1 aliphatic heterocycles. The molecule has 0 aliphatic carbocycles. The van der Waals surface area contributed by atoms with E-state index in [4.69, 9.17) is 10.5 Å². The number of ether oxygens (including phenoxy) is 1. The molecular weight excluding hydrogens is 376 g/mol. The van der Waals surface area contributed by atoms with Crippen molar-refractivity contribution in [1.29, 1.82) is 0 Å². The van der Waals surface area contributed by atoms with Gasteiger partial charge in [0.2, 0.25) is 11.8 Å². The highest BCUT2D eigenvalue weighted by molar-refractivity contribution is 6.10. The lowest BCUT2D eigenvalue weighted by Crippen LogP contribution is -2.42. The van der Waals surface area contributed by atoms with Crippen molar-refractivity contribution in [2.75, 3.05) is 19.0 Å². The van der Waals surface area contributed by atoms with Crippen molar-refractivity contribution in [3.63, 3.8) is 0 Å². The molecule has 0 radical (unpaired) electrons. The third-order valence-corrected chi connectivity index (χ3v) is 4.68. The molecule has 0 unspecified atom stereocenters. The molecule has 150 valence electrons. The standard InChI is InChI=1S/C20H20N4O5/c1-20(13-4-3-5-15(10-13)29-2)18(27)24(19(28)23-20)11-16(25)22-14-8-6-12(7-9-14)17(21)26/h3-10H,11H2,1-2H3,(H2,21,26)(H,22,25)(H,23,28)/t20-/m1/s1. The van der Waals surface area contributed by atoms with Crippen LogP contribution in [0.1, 0.15) is 22.8 Å². The van der Waals surface area contributed by atoms with E-state index in [0.29, 0.717) is 22.6 Å². The number of anilines is 1. The van der Waals surface area contributed by atoms with Crippen LogP contribution >= 0.6 is 0 Å². The first-order chi connectivity index (χ1) is 13.7. The van der Waals surface area contributed by atoms with E-state index in [1.807, 2.05) is 0 Å². The number of benzene rings is 2. The van der Waals surface area contributed by atoms with Crippen LogP contribution in [-0.2, 0) is 15.1 Å². The van der Waals surface area contributed by atoms with Crippen LogP contribution in [0.3, 0.4) is 0 Å². The second kappa shape index (κ2) is 7.63. The second-order valence-corrected chi connectivity index (χ2v) is 6.67. The Hall–Kier alpha value is -3.88. The number of carbonyl (C=O) groups is 4. The number of hydrogen-bond acceptors (Lipinski definition) is 5. The molecule has 2 aromatic carbocycles. The molecular formula is C20H20N4O5. The Kier molecular flexibility index (Phi) is 5.22. The van der Waals surface area contributed by atoms with Crippen LogP contribution < -0.4 is 21.1 Å². The Labute approximate surface area is 166 Å². The van der Waals surface area contributed by atoms with Crippen molar-refractivity contribution >= 4 is 29.4 Å². The number of nitrogens with two attached hydrogens (primary N) is 1. The van der Waals surface area contributed by atoms with Crippen molar-refractivity contribution in [2.45, 2.75) is 12.5 Å². The van der Waals surface area contributed by atoms with Crippen LogP contribution in [0.5, 0.6) is 5.75 Å². The largest absolute Gasteiger partial charge is 0.497 e. The summed E-state index contributed by atoms with van der Waals surface area (Å²) in [7, 11) is 1.50. The molecule has 1 heterocycles. The van der Waals surface area contributed by atoms with Gasteiger partial charge in [0.15, 0.2) is 0 Å². The lowest BCUT2D eigenvalue weighted by atomic mass is 9.92. The fourth-order valence-corrected chi connectivity index (χ4v) is 3.03. The van der Waals surface area contributed by atoms with Crippen LogP contribution in [0.25, 0.3) is 0 Å². The summed E-state index contributed by atoms with van der Waals surface area (Å²) in [6.07, 6.45) is 0. The minimum absolute atomic E-state index is 0.297. The summed E-state index contributed by atoms with van der Waals surface area (Å²) in [5, 5.41) is 5.21. The molecule has 2 aromatic rings. The molecule has 0 aromatic heterocycles. The van der Waals surface area contributed by atoms with Gasteiger partial charge < -0.3 is 21.1 Å². The topological polar surface area (TPSA) is 131 Å². The molecule has 9 heteroatoms. The Bertz CT molecular complexity index is 989. The highest BCUT2D eigenvalue weighted by Gasteiger charge is 2.49. The monoisotopic (exact) mass is 396 g/mol. The van der Waals surface area contributed by atoms with Crippen LogP contribution in [-0.4, -0.2) is 42.3 Å². The maximum Gasteiger partial charge on any atom is 0.325 e. The number of primary amides is 1. The number of carbonyl (C=O) groups excluding carboxylic acids is 4. The molecule has 9 nitrogen and oxygen atoms in total. The summed E-state index contributed by atoms with van der Waals surface area (Å²) in [4.78, 5) is 49.6. The second-order valence-electron chi connectivity index (χ2n) is 6.67. The zero-order valence-electron chi connectivity index (χ0n) is 15.9. The van der Waals surface area contributed by atoms with Crippen molar-refractivity contribution in [3.05, 3.63) is 59.7 Å². The third-order valence-electron chi connectivity index (χ3n) is 4.68. The van der Waals surface area contributed by atoms with Crippen molar-refractivity contribution in [1.82, 2.24) is 10.2 Å². The predicted molar refractivity (Wildman–Crippen MR) is 104 cm³/mol. The van der Waals surface area contributed by atoms with E-state index in [0.717, 1.165) is 4.90 Å². The number of rotatable bonds is 6. The molecule has 1 saturated heterocycles. The SMILES string of the molecule is COc1cccc([C@@]2(C)NC(=O)N(CC(=O)Nc3ccc(C(N)=O)cc3)C2=O)c1. The average Bonchev–Trinajstić information content (AvgIpc) is 2.92. The number of amides is 5. The highest BCUT2D eigenvalue weighted by Crippen LogP contribution is 2.30. The minimum Gasteiger partial charge on any atom is -0.497 e. The first-order valence-electron chi connectivity index (χ1n) is 8.73. The maximum absolute atomic E-state index is 12.9. The molecule has 3 rings (SSSR count). The number of nitrogens with zero attached hydrogens (tertiary/aromatic N) is 1. The molecule has 0 bridgehead atoms. The number of hydrogen-bond donors (Lipinski definition) is 3. The van der Waals surface area contributed by atoms with Crippen molar-refractivity contribution < 1.29 is 23.9 Å². The van der Waals surface area contributed by atoms with Gasteiger partial charge in [-0.3, -0.25) is 19.3 Å². The lowest BCUT2D eigenvalue weighted by Gasteiger charge is -2.22. The molecule has 1 atom stereocenters. The maximum atomic E-state index is 12.9. The molecule has 1 fully saturated rings. The summed E-state index contributed by atoms with van der Waals surface area (Å²) in [6.45, 7) is 1.12. The van der Waals surface area contributed by atoms with Crippen molar-refractivity contribution in [3.8, 4) is 5.75 Å². The van der Waals surface area contributed by atoms with E-state index < -0.39 is 35.8 Å². The number of imide groups is 1. The minimum atomic E-state index is -1.31. The highest BCUT2D eigenvalue weighted by atomic mass is 16.5. The van der Waals surface area contributed by atoms with E-state index >= 15 is 0 Å². The van der Waals surface area contributed by atoms with Gasteiger partial charge in [0.05, 0.1) is 7.11 Å². The molecule has 4 N–H and O–H groups in total. The van der Waals surface area contributed by atoms with Crippen LogP contribution in [0.2, 0.25) is 0 Å². The van der Waals surface area contributed by atoms with Gasteiger partial charge in [-0.1, -0.05) is 12.1 Å². The zero-order valence-corrected chi connectivity index (χ0v) is 15.9. The van der Waals surface area contributed by atoms with E-state index in [-0.39, 0.29) is 0 Å². The Morgan fingerprint density at radius 1 is 1.17 bits per heavy atom. The van der Waals surface area contributed by atoms with Gasteiger partial charge in [-0.25, -0.2) is 4.79 Å². The van der Waals surface area contributed by atoms with E-state index in [2.05, 4.69) is 10.6 Å². The molecule has 0 spiro atoms. The van der Waals surface area contributed by atoms with E-state index in [9.17, 15) is 19.2 Å². The summed E-state index contributed by atoms with van der Waals surface area (Å²) in [6, 6.07) is 12.1. The van der Waals surface area contributed by atoms with Gasteiger partial charge in [-0.05, 0) is 48.9 Å². The first kappa shape index (κ1) is 19.9. The summed E-state index contributed by atoms with van der Waals surface area (Å²) < 4.78 is 5.17. The molecule has 1 aliphatic rings. The average molecular weight is 396 g/mol. The Morgan fingerprint density at radius 2 is 1.86 bits per heavy atom. The van der Waals surface area contributed by atoms with Crippen LogP contribution in [0, 0.1) is 0 Å². The first-order valence-corrected chi connectivity index (χ1v) is 8.73. The molecule has 5 amide bonds. The predicted octanol–water partition coefficient (Wildman–Crippen LogP) is 1.20. The van der Waals surface area contributed by atoms with Gasteiger partial charge in [-0.2, -0.15) is 0 Å². The van der Waals surface area contributed by atoms with Gasteiger partial charge in [-0.15, -0.1) is 0 Å². The third kappa shape index (κ3) is 3.88. The van der Waals surface area contributed by atoms with Crippen LogP contribution in [0.4, 0.5) is 10.5 Å². The summed E-state index contributed by atoms with van der Waals surface area (Å²) >= 11 is 0. The number of urea groups is 1. The van der Waals surface area contributed by atoms with Gasteiger partial charge >= 0.3 is 6.03 Å². The summed E-state index contributed by atoms with van der Waals surface area (Å²) in [5.41, 5.74) is 5.11. The summed E-state index contributed by atoms with van der Waals surface area (Å²) in [5.74, 6) is -1.15. The lowest BCUT2D eigenvalue weighted by molar-refractivity contribution is -0.133. The molecule has 0 saturated carbocycles. The number of methoxy groups -OCH3 is 1. The Morgan fingerprint density at radius 3 is 2.48 bits per heavy atom. The van der Waals surface area contributed by atoms with Crippen molar-refractivity contribution in [2.24, 2.45) is 5.73 Å².